The predicted molar refractivity (Wildman–Crippen MR) is 94.8 cm³/mol. The van der Waals surface area contributed by atoms with E-state index in [1.165, 1.54) is 6.07 Å². The molecule has 0 bridgehead atoms. The van der Waals surface area contributed by atoms with Crippen LogP contribution in [0.15, 0.2) is 59.6 Å². The van der Waals surface area contributed by atoms with Gasteiger partial charge in [-0.3, -0.25) is 14.9 Å². The number of benzene rings is 2. The first kappa shape index (κ1) is 16.2. The number of anilines is 1. The van der Waals surface area contributed by atoms with Crippen molar-refractivity contribution in [2.75, 3.05) is 11.9 Å². The fourth-order valence-corrected chi connectivity index (χ4v) is 3.11. The minimum Gasteiger partial charge on any atom is -0.361 e. The molecule has 1 aliphatic heterocycles. The van der Waals surface area contributed by atoms with E-state index in [1.807, 2.05) is 12.1 Å². The molecular weight excluding hydrogens is 374 g/mol. The van der Waals surface area contributed by atoms with E-state index in [1.54, 1.807) is 35.2 Å². The third-order valence-corrected chi connectivity index (χ3v) is 4.50. The van der Waals surface area contributed by atoms with Crippen molar-refractivity contribution in [1.29, 1.82) is 0 Å². The number of para-hydroxylation sites is 1. The number of carbonyl (C=O) groups excluding carboxylic acids is 1. The molecule has 0 aromatic heterocycles. The van der Waals surface area contributed by atoms with E-state index < -0.39 is 11.1 Å². The molecule has 2 aromatic rings. The van der Waals surface area contributed by atoms with Crippen LogP contribution in [-0.2, 0) is 0 Å². The van der Waals surface area contributed by atoms with Crippen LogP contribution in [0.1, 0.15) is 22.1 Å². The van der Waals surface area contributed by atoms with Gasteiger partial charge in [-0.1, -0.05) is 24.3 Å². The summed E-state index contributed by atoms with van der Waals surface area (Å²) in [6, 6.07) is 12.1. The van der Waals surface area contributed by atoms with Crippen LogP contribution in [0.25, 0.3) is 0 Å². The maximum absolute atomic E-state index is 12.8. The Morgan fingerprint density at radius 3 is 2.79 bits per heavy atom. The molecule has 1 amide bonds. The van der Waals surface area contributed by atoms with E-state index >= 15 is 0 Å². The zero-order valence-corrected chi connectivity index (χ0v) is 14.2. The zero-order valence-electron chi connectivity index (χ0n) is 12.6. The lowest BCUT2D eigenvalue weighted by Gasteiger charge is -2.37. The van der Waals surface area contributed by atoms with E-state index in [0.29, 0.717) is 27.8 Å². The maximum Gasteiger partial charge on any atom is 0.283 e. The molecule has 1 aliphatic rings. The first-order chi connectivity index (χ1) is 11.5. The molecule has 7 heteroatoms. The largest absolute Gasteiger partial charge is 0.361 e. The third kappa shape index (κ3) is 2.78. The average Bonchev–Trinajstić information content (AvgIpc) is 2.57. The highest BCUT2D eigenvalue weighted by Gasteiger charge is 2.32. The Hall–Kier alpha value is -2.67. The summed E-state index contributed by atoms with van der Waals surface area (Å²) in [4.78, 5) is 25.1. The highest BCUT2D eigenvalue weighted by atomic mass is 79.9. The Balaban J connectivity index is 2.09. The van der Waals surface area contributed by atoms with E-state index in [-0.39, 0.29) is 11.6 Å². The van der Waals surface area contributed by atoms with E-state index in [4.69, 9.17) is 0 Å². The van der Waals surface area contributed by atoms with Gasteiger partial charge < -0.3 is 10.2 Å². The highest BCUT2D eigenvalue weighted by molar-refractivity contribution is 9.10. The number of nitro groups is 1. The Kier molecular flexibility index (Phi) is 4.35. The van der Waals surface area contributed by atoms with Crippen molar-refractivity contribution >= 4 is 33.2 Å². The lowest BCUT2D eigenvalue weighted by atomic mass is 10.0. The fraction of sp³-hybridized carbons (Fsp3) is 0.118. The van der Waals surface area contributed by atoms with Crippen molar-refractivity contribution in [2.24, 2.45) is 0 Å². The Morgan fingerprint density at radius 1 is 1.33 bits per heavy atom. The molecule has 3 rings (SSSR count). The number of nitro benzene ring substituents is 1. The number of carbonyl (C=O) groups is 1. The summed E-state index contributed by atoms with van der Waals surface area (Å²) in [6.45, 7) is 4.02. The second-order valence-corrected chi connectivity index (χ2v) is 6.16. The Morgan fingerprint density at radius 2 is 2.08 bits per heavy atom. The first-order valence-corrected chi connectivity index (χ1v) is 8.03. The van der Waals surface area contributed by atoms with Crippen molar-refractivity contribution in [3.63, 3.8) is 0 Å². The third-order valence-electron chi connectivity index (χ3n) is 3.83. The zero-order chi connectivity index (χ0) is 17.3. The van der Waals surface area contributed by atoms with E-state index in [2.05, 4.69) is 27.8 Å². The molecule has 1 heterocycles. The summed E-state index contributed by atoms with van der Waals surface area (Å²) >= 11 is 3.18. The molecule has 1 unspecified atom stereocenters. The monoisotopic (exact) mass is 387 g/mol. The van der Waals surface area contributed by atoms with Crippen LogP contribution in [0, 0.1) is 10.1 Å². The number of amides is 1. The molecule has 0 radical (unpaired) electrons. The first-order valence-electron chi connectivity index (χ1n) is 7.24. The predicted octanol–water partition coefficient (Wildman–Crippen LogP) is 4.11. The van der Waals surface area contributed by atoms with Crippen molar-refractivity contribution in [2.45, 2.75) is 6.17 Å². The van der Waals surface area contributed by atoms with Gasteiger partial charge in [-0.15, -0.1) is 6.58 Å². The van der Waals surface area contributed by atoms with Crippen LogP contribution >= 0.6 is 15.9 Å². The second kappa shape index (κ2) is 6.45. The second-order valence-electron chi connectivity index (χ2n) is 5.31. The van der Waals surface area contributed by atoms with Crippen molar-refractivity contribution < 1.29 is 9.72 Å². The summed E-state index contributed by atoms with van der Waals surface area (Å²) in [7, 11) is 0. The van der Waals surface area contributed by atoms with Crippen molar-refractivity contribution in [3.05, 3.63) is 80.8 Å². The molecule has 0 spiro atoms. The maximum atomic E-state index is 12.8. The van der Waals surface area contributed by atoms with Crippen LogP contribution in [0.3, 0.4) is 0 Å². The average molecular weight is 388 g/mol. The molecule has 122 valence electrons. The number of hydrogen-bond donors (Lipinski definition) is 1. The van der Waals surface area contributed by atoms with Gasteiger partial charge in [-0.05, 0) is 34.1 Å². The van der Waals surface area contributed by atoms with Gasteiger partial charge in [0.1, 0.15) is 6.17 Å². The summed E-state index contributed by atoms with van der Waals surface area (Å²) in [5.74, 6) is -0.139. The van der Waals surface area contributed by atoms with Gasteiger partial charge in [0.2, 0.25) is 0 Å². The number of nitrogens with one attached hydrogen (secondary N) is 1. The van der Waals surface area contributed by atoms with Crippen molar-refractivity contribution in [3.8, 4) is 0 Å². The molecule has 24 heavy (non-hydrogen) atoms. The number of hydrogen-bond acceptors (Lipinski definition) is 4. The van der Waals surface area contributed by atoms with Crippen LogP contribution < -0.4 is 5.32 Å². The smallest absolute Gasteiger partial charge is 0.283 e. The SMILES string of the molecule is C=CCN1C(=O)c2ccccc2NC1c1ccc(Br)c([N+](=O)[O-])c1. The Bertz CT molecular complexity index is 838. The van der Waals surface area contributed by atoms with Gasteiger partial charge in [0.25, 0.3) is 11.6 Å². The van der Waals surface area contributed by atoms with Gasteiger partial charge in [0.05, 0.1) is 15.0 Å². The van der Waals surface area contributed by atoms with Crippen LogP contribution in [0.2, 0.25) is 0 Å². The molecule has 0 fully saturated rings. The molecule has 6 nitrogen and oxygen atoms in total. The lowest BCUT2D eigenvalue weighted by Crippen LogP contribution is -2.43. The molecule has 1 atom stereocenters. The summed E-state index contributed by atoms with van der Waals surface area (Å²) in [5, 5.41) is 14.5. The summed E-state index contributed by atoms with van der Waals surface area (Å²) in [6.07, 6.45) is 1.13. The molecular formula is C17H14BrN3O3. The van der Waals surface area contributed by atoms with Gasteiger partial charge in [0.15, 0.2) is 0 Å². The number of nitrogens with zero attached hydrogens (tertiary/aromatic N) is 2. The van der Waals surface area contributed by atoms with E-state index in [0.717, 1.165) is 0 Å². The van der Waals surface area contributed by atoms with Crippen LogP contribution in [0.4, 0.5) is 11.4 Å². The van der Waals surface area contributed by atoms with Crippen LogP contribution in [-0.4, -0.2) is 22.3 Å². The molecule has 1 N–H and O–H groups in total. The highest BCUT2D eigenvalue weighted by Crippen LogP contribution is 2.35. The summed E-state index contributed by atoms with van der Waals surface area (Å²) < 4.78 is 0.397. The fourth-order valence-electron chi connectivity index (χ4n) is 2.72. The molecule has 0 aliphatic carbocycles. The van der Waals surface area contributed by atoms with Crippen molar-refractivity contribution in [1.82, 2.24) is 4.90 Å². The molecule has 0 saturated heterocycles. The van der Waals surface area contributed by atoms with Crippen LogP contribution in [0.5, 0.6) is 0 Å². The number of rotatable bonds is 4. The molecule has 0 saturated carbocycles. The van der Waals surface area contributed by atoms with E-state index in [9.17, 15) is 14.9 Å². The standard InChI is InChI=1S/C17H14BrN3O3/c1-2-9-20-16(11-7-8-13(18)15(10-11)21(23)24)19-14-6-4-3-5-12(14)17(20)22/h2-8,10,16,19H,1,9H2. The van der Waals surface area contributed by atoms with Gasteiger partial charge in [0, 0.05) is 23.9 Å². The number of fused-ring (bicyclic) bond motifs is 1. The topological polar surface area (TPSA) is 75.5 Å². The lowest BCUT2D eigenvalue weighted by molar-refractivity contribution is -0.385. The quantitative estimate of drug-likeness (QED) is 0.486. The Labute approximate surface area is 147 Å². The summed E-state index contributed by atoms with van der Waals surface area (Å²) in [5.41, 5.74) is 1.87. The minimum absolute atomic E-state index is 0.0424. The number of halogens is 1. The van der Waals surface area contributed by atoms with Gasteiger partial charge >= 0.3 is 0 Å². The van der Waals surface area contributed by atoms with Gasteiger partial charge in [-0.25, -0.2) is 0 Å². The normalized spacial score (nSPS) is 16.3. The minimum atomic E-state index is -0.503. The van der Waals surface area contributed by atoms with Gasteiger partial charge in [-0.2, -0.15) is 0 Å². The molecule has 2 aromatic carbocycles.